The average Bonchev–Trinajstić information content (AvgIpc) is 3.23. The molecule has 1 aromatic rings. The monoisotopic (exact) mass is 395 g/mol. The van der Waals surface area contributed by atoms with Crippen LogP contribution in [0.3, 0.4) is 0 Å². The molecule has 2 saturated heterocycles. The highest BCUT2D eigenvalue weighted by Gasteiger charge is 2.32. The van der Waals surface area contributed by atoms with E-state index in [1.165, 1.54) is 12.1 Å². The third kappa shape index (κ3) is 5.40. The smallest absolute Gasteiger partial charge is 0.375 e. The van der Waals surface area contributed by atoms with Crippen molar-refractivity contribution in [1.82, 2.24) is 10.2 Å². The number of hydrogen-bond acceptors (Lipinski definition) is 3. The van der Waals surface area contributed by atoms with E-state index in [-0.39, 0.29) is 12.2 Å². The van der Waals surface area contributed by atoms with Crippen LogP contribution in [0, 0.1) is 11.8 Å². The van der Waals surface area contributed by atoms with Crippen molar-refractivity contribution in [3.05, 3.63) is 35.4 Å². The predicted octanol–water partition coefficient (Wildman–Crippen LogP) is 2.51. The van der Waals surface area contributed by atoms with Gasteiger partial charge < -0.3 is 19.7 Å². The first kappa shape index (κ1) is 20.5. The van der Waals surface area contributed by atoms with Gasteiger partial charge in [-0.25, -0.2) is 0 Å². The largest absolute Gasteiger partial charge is 0.416 e. The number of nitrogens with zero attached hydrogens (tertiary/aromatic N) is 2. The molecule has 2 heterocycles. The van der Waals surface area contributed by atoms with Crippen LogP contribution in [0.5, 0.6) is 0 Å². The van der Waals surface area contributed by atoms with Crippen LogP contribution < -0.4 is 5.32 Å². The number of morpholine rings is 1. The Bertz CT molecular complexity index is 732. The zero-order valence-corrected chi connectivity index (χ0v) is 15.8. The fourth-order valence-corrected chi connectivity index (χ4v) is 3.33. The Morgan fingerprint density at radius 1 is 1.21 bits per heavy atom. The number of halogens is 3. The number of guanidine groups is 1. The zero-order chi connectivity index (χ0) is 20.0. The maximum Gasteiger partial charge on any atom is 0.416 e. The minimum Gasteiger partial charge on any atom is -0.375 e. The Kier molecular flexibility index (Phi) is 6.81. The quantitative estimate of drug-likeness (QED) is 0.475. The van der Waals surface area contributed by atoms with Gasteiger partial charge in [-0.05, 0) is 37.1 Å². The van der Waals surface area contributed by atoms with Crippen LogP contribution in [0.25, 0.3) is 0 Å². The van der Waals surface area contributed by atoms with Crippen molar-refractivity contribution in [3.8, 4) is 11.8 Å². The summed E-state index contributed by atoms with van der Waals surface area (Å²) in [6.07, 6.45) is -2.08. The Morgan fingerprint density at radius 3 is 2.61 bits per heavy atom. The topological polar surface area (TPSA) is 46.1 Å². The lowest BCUT2D eigenvalue weighted by Crippen LogP contribution is -2.53. The van der Waals surface area contributed by atoms with E-state index in [2.05, 4.69) is 27.0 Å². The molecule has 2 atom stereocenters. The normalized spacial score (nSPS) is 23.3. The molecule has 3 rings (SSSR count). The summed E-state index contributed by atoms with van der Waals surface area (Å²) < 4.78 is 49.3. The molecule has 0 amide bonds. The van der Waals surface area contributed by atoms with Gasteiger partial charge >= 0.3 is 6.18 Å². The van der Waals surface area contributed by atoms with Crippen molar-refractivity contribution >= 4 is 5.96 Å². The molecule has 2 aliphatic rings. The molecular formula is C20H24F3N3O2. The molecule has 0 saturated carbocycles. The second-order valence-electron chi connectivity index (χ2n) is 6.68. The summed E-state index contributed by atoms with van der Waals surface area (Å²) in [5.74, 6) is 6.52. The highest BCUT2D eigenvalue weighted by Crippen LogP contribution is 2.28. The standard InChI is InChI=1S/C20H24F3N3O2/c1-24-19(26-11-13-28-18(14-26)17-5-3-12-27-17)25-10-2-4-15-6-8-16(9-7-15)20(21,22)23/h6-9,17-18H,3,5,10-14H2,1H3,(H,24,25). The summed E-state index contributed by atoms with van der Waals surface area (Å²) >= 11 is 0. The molecule has 2 fully saturated rings. The Balaban J connectivity index is 1.51. The fourth-order valence-electron chi connectivity index (χ4n) is 3.33. The lowest BCUT2D eigenvalue weighted by molar-refractivity contribution is -0.137. The van der Waals surface area contributed by atoms with Crippen LogP contribution in [-0.4, -0.2) is 63.0 Å². The van der Waals surface area contributed by atoms with E-state index < -0.39 is 11.7 Å². The predicted molar refractivity (Wildman–Crippen MR) is 100.0 cm³/mol. The average molecular weight is 395 g/mol. The first-order valence-electron chi connectivity index (χ1n) is 9.32. The summed E-state index contributed by atoms with van der Waals surface area (Å²) in [6, 6.07) is 4.82. The lowest BCUT2D eigenvalue weighted by Gasteiger charge is -2.36. The van der Waals surface area contributed by atoms with Crippen molar-refractivity contribution in [2.24, 2.45) is 4.99 Å². The van der Waals surface area contributed by atoms with E-state index in [0.717, 1.165) is 44.1 Å². The van der Waals surface area contributed by atoms with Crippen LogP contribution in [0.4, 0.5) is 13.2 Å². The molecule has 0 spiro atoms. The summed E-state index contributed by atoms with van der Waals surface area (Å²) in [5.41, 5.74) is -0.140. The van der Waals surface area contributed by atoms with Crippen LogP contribution >= 0.6 is 0 Å². The van der Waals surface area contributed by atoms with Crippen molar-refractivity contribution in [2.45, 2.75) is 31.2 Å². The molecule has 0 bridgehead atoms. The molecule has 0 aliphatic carbocycles. The molecule has 5 nitrogen and oxygen atoms in total. The Morgan fingerprint density at radius 2 is 1.96 bits per heavy atom. The number of nitrogens with one attached hydrogen (secondary N) is 1. The van der Waals surface area contributed by atoms with Gasteiger partial charge in [0.15, 0.2) is 5.96 Å². The summed E-state index contributed by atoms with van der Waals surface area (Å²) in [4.78, 5) is 6.42. The van der Waals surface area contributed by atoms with Gasteiger partial charge in [-0.2, -0.15) is 13.2 Å². The molecule has 152 valence electrons. The van der Waals surface area contributed by atoms with Gasteiger partial charge in [-0.1, -0.05) is 11.8 Å². The minimum atomic E-state index is -4.33. The molecule has 0 aromatic heterocycles. The first-order chi connectivity index (χ1) is 13.5. The first-order valence-corrected chi connectivity index (χ1v) is 9.32. The highest BCUT2D eigenvalue weighted by molar-refractivity contribution is 5.80. The Hall–Kier alpha value is -2.24. The van der Waals surface area contributed by atoms with Gasteiger partial charge in [-0.3, -0.25) is 4.99 Å². The third-order valence-electron chi connectivity index (χ3n) is 4.76. The van der Waals surface area contributed by atoms with Crippen LogP contribution in [-0.2, 0) is 15.7 Å². The molecule has 1 aromatic carbocycles. The minimum absolute atomic E-state index is 0.0352. The maximum absolute atomic E-state index is 12.6. The van der Waals surface area contributed by atoms with Crippen molar-refractivity contribution < 1.29 is 22.6 Å². The number of hydrogen-bond donors (Lipinski definition) is 1. The van der Waals surface area contributed by atoms with Crippen molar-refractivity contribution in [3.63, 3.8) is 0 Å². The van der Waals surface area contributed by atoms with Gasteiger partial charge in [0.2, 0.25) is 0 Å². The van der Waals surface area contributed by atoms with E-state index >= 15 is 0 Å². The second kappa shape index (κ2) is 9.30. The van der Waals surface area contributed by atoms with Crippen LogP contribution in [0.2, 0.25) is 0 Å². The zero-order valence-electron chi connectivity index (χ0n) is 15.8. The molecule has 2 unspecified atom stereocenters. The van der Waals surface area contributed by atoms with E-state index in [1.807, 2.05) is 0 Å². The van der Waals surface area contributed by atoms with E-state index in [1.54, 1.807) is 7.05 Å². The number of rotatable bonds is 2. The van der Waals surface area contributed by atoms with Gasteiger partial charge in [0.1, 0.15) is 6.10 Å². The van der Waals surface area contributed by atoms with Crippen molar-refractivity contribution in [2.75, 3.05) is 39.9 Å². The van der Waals surface area contributed by atoms with Crippen LogP contribution in [0.15, 0.2) is 29.3 Å². The number of ether oxygens (including phenoxy) is 2. The number of aliphatic imine (C=N–C) groups is 1. The molecule has 28 heavy (non-hydrogen) atoms. The molecule has 1 N–H and O–H groups in total. The fraction of sp³-hybridized carbons (Fsp3) is 0.550. The number of alkyl halides is 3. The van der Waals surface area contributed by atoms with Crippen LogP contribution in [0.1, 0.15) is 24.0 Å². The summed E-state index contributed by atoms with van der Waals surface area (Å²) in [7, 11) is 1.71. The third-order valence-corrected chi connectivity index (χ3v) is 4.76. The molecule has 0 radical (unpaired) electrons. The van der Waals surface area contributed by atoms with E-state index in [0.29, 0.717) is 25.3 Å². The molecule has 8 heteroatoms. The second-order valence-corrected chi connectivity index (χ2v) is 6.68. The summed E-state index contributed by atoms with van der Waals surface area (Å²) in [5, 5.41) is 3.18. The van der Waals surface area contributed by atoms with E-state index in [4.69, 9.17) is 9.47 Å². The van der Waals surface area contributed by atoms with E-state index in [9.17, 15) is 13.2 Å². The maximum atomic E-state index is 12.6. The number of benzene rings is 1. The van der Waals surface area contributed by atoms with Gasteiger partial charge in [0.05, 0.1) is 24.8 Å². The van der Waals surface area contributed by atoms with Gasteiger partial charge in [-0.15, -0.1) is 0 Å². The lowest BCUT2D eigenvalue weighted by atomic mass is 10.1. The SMILES string of the molecule is CN=C(NCC#Cc1ccc(C(F)(F)F)cc1)N1CCOC(C2CCCO2)C1. The molecule has 2 aliphatic heterocycles. The van der Waals surface area contributed by atoms with Gasteiger partial charge in [0.25, 0.3) is 0 Å². The van der Waals surface area contributed by atoms with Crippen molar-refractivity contribution in [1.29, 1.82) is 0 Å². The highest BCUT2D eigenvalue weighted by atomic mass is 19.4. The summed E-state index contributed by atoms with van der Waals surface area (Å²) in [6.45, 7) is 3.18. The Labute approximate surface area is 162 Å². The van der Waals surface area contributed by atoms with Gasteiger partial charge in [0, 0.05) is 32.3 Å². The molecular weight excluding hydrogens is 371 g/mol.